The number of para-hydroxylation sites is 1. The molecule has 1 aromatic heterocycles. The number of amides is 1. The first-order valence-electron chi connectivity index (χ1n) is 9.40. The molecule has 1 amide bonds. The molecule has 0 bridgehead atoms. The highest BCUT2D eigenvalue weighted by Crippen LogP contribution is 2.15. The van der Waals surface area contributed by atoms with Crippen molar-refractivity contribution in [3.63, 3.8) is 0 Å². The number of aromatic nitrogens is 1. The van der Waals surface area contributed by atoms with E-state index in [9.17, 15) is 4.79 Å². The molecule has 3 aromatic carbocycles. The second-order valence-corrected chi connectivity index (χ2v) is 6.64. The molecule has 5 heteroatoms. The summed E-state index contributed by atoms with van der Waals surface area (Å²) in [7, 11) is 0. The molecule has 5 nitrogen and oxygen atoms in total. The molecule has 29 heavy (non-hydrogen) atoms. The first-order chi connectivity index (χ1) is 14.3. The van der Waals surface area contributed by atoms with E-state index in [4.69, 9.17) is 4.74 Å². The van der Waals surface area contributed by atoms with E-state index in [0.29, 0.717) is 6.61 Å². The van der Waals surface area contributed by atoms with E-state index in [2.05, 4.69) is 10.5 Å². The molecule has 144 valence electrons. The van der Waals surface area contributed by atoms with Crippen LogP contribution in [0.3, 0.4) is 0 Å². The second kappa shape index (κ2) is 8.89. The Hall–Kier alpha value is -3.86. The second-order valence-electron chi connectivity index (χ2n) is 6.64. The molecule has 4 rings (SSSR count). The Labute approximate surface area is 169 Å². The fourth-order valence-corrected chi connectivity index (χ4v) is 3.07. The predicted molar refractivity (Wildman–Crippen MR) is 115 cm³/mol. The van der Waals surface area contributed by atoms with Gasteiger partial charge in [-0.1, -0.05) is 60.7 Å². The van der Waals surface area contributed by atoms with E-state index < -0.39 is 0 Å². The number of carbonyl (C=O) groups is 1. The lowest BCUT2D eigenvalue weighted by atomic mass is 10.2. The first-order valence-corrected chi connectivity index (χ1v) is 9.40. The van der Waals surface area contributed by atoms with Gasteiger partial charge in [0.2, 0.25) is 0 Å². The fraction of sp³-hybridized carbons (Fsp3) is 0.0833. The van der Waals surface area contributed by atoms with E-state index in [1.165, 1.54) is 0 Å². The van der Waals surface area contributed by atoms with Gasteiger partial charge in [0.05, 0.1) is 6.21 Å². The third kappa shape index (κ3) is 4.90. The summed E-state index contributed by atoms with van der Waals surface area (Å²) < 4.78 is 7.72. The molecule has 4 aromatic rings. The number of carbonyl (C=O) groups excluding carboxylic acids is 1. The van der Waals surface area contributed by atoms with Crippen LogP contribution in [0.2, 0.25) is 0 Å². The van der Waals surface area contributed by atoms with Crippen molar-refractivity contribution in [3.05, 3.63) is 102 Å². The average Bonchev–Trinajstić information content (AvgIpc) is 3.16. The molecule has 0 saturated heterocycles. The van der Waals surface area contributed by atoms with Crippen LogP contribution in [-0.4, -0.2) is 16.7 Å². The largest absolute Gasteiger partial charge is 0.489 e. The van der Waals surface area contributed by atoms with Crippen molar-refractivity contribution in [1.29, 1.82) is 0 Å². The quantitative estimate of drug-likeness (QED) is 0.381. The summed E-state index contributed by atoms with van der Waals surface area (Å²) in [6, 6.07) is 27.5. The minimum Gasteiger partial charge on any atom is -0.489 e. The summed E-state index contributed by atoms with van der Waals surface area (Å²) in [6.45, 7) is 0.716. The molecule has 1 heterocycles. The third-order valence-electron chi connectivity index (χ3n) is 4.50. The normalized spacial score (nSPS) is 11.0. The van der Waals surface area contributed by atoms with Gasteiger partial charge in [-0.3, -0.25) is 4.79 Å². The van der Waals surface area contributed by atoms with Crippen LogP contribution in [0.5, 0.6) is 5.75 Å². The molecule has 0 unspecified atom stereocenters. The fourth-order valence-electron chi connectivity index (χ4n) is 3.07. The molecular formula is C24H21N3O2. The molecular weight excluding hydrogens is 362 g/mol. The Morgan fingerprint density at radius 3 is 2.69 bits per heavy atom. The van der Waals surface area contributed by atoms with Crippen molar-refractivity contribution in [2.24, 2.45) is 5.10 Å². The molecule has 0 spiro atoms. The van der Waals surface area contributed by atoms with Crippen molar-refractivity contribution in [1.82, 2.24) is 9.99 Å². The van der Waals surface area contributed by atoms with Crippen LogP contribution in [0, 0.1) is 0 Å². The number of nitrogens with zero attached hydrogens (tertiary/aromatic N) is 2. The average molecular weight is 383 g/mol. The van der Waals surface area contributed by atoms with Crippen LogP contribution < -0.4 is 10.2 Å². The number of hydrogen-bond acceptors (Lipinski definition) is 3. The zero-order valence-corrected chi connectivity index (χ0v) is 15.9. The van der Waals surface area contributed by atoms with Gasteiger partial charge in [0, 0.05) is 11.7 Å². The van der Waals surface area contributed by atoms with Gasteiger partial charge in [-0.25, -0.2) is 5.43 Å². The highest BCUT2D eigenvalue weighted by atomic mass is 16.5. The monoisotopic (exact) mass is 383 g/mol. The van der Waals surface area contributed by atoms with E-state index in [1.54, 1.807) is 6.21 Å². The van der Waals surface area contributed by atoms with Crippen LogP contribution >= 0.6 is 0 Å². The van der Waals surface area contributed by atoms with Crippen molar-refractivity contribution in [2.75, 3.05) is 0 Å². The van der Waals surface area contributed by atoms with Crippen LogP contribution in [0.4, 0.5) is 0 Å². The number of nitrogens with one attached hydrogen (secondary N) is 1. The van der Waals surface area contributed by atoms with Crippen molar-refractivity contribution >= 4 is 23.0 Å². The van der Waals surface area contributed by atoms with Crippen molar-refractivity contribution < 1.29 is 9.53 Å². The Kier molecular flexibility index (Phi) is 5.67. The summed E-state index contributed by atoms with van der Waals surface area (Å²) in [5, 5.41) is 5.18. The standard InChI is InChI=1S/C24H21N3O2/c28-24(17-27-14-13-21-10-4-5-12-23(21)27)26-25-16-20-9-6-11-22(15-20)29-18-19-7-2-1-3-8-19/h1-16H,17-18H2,(H,26,28)/b25-16+. The topological polar surface area (TPSA) is 55.6 Å². The summed E-state index contributed by atoms with van der Waals surface area (Å²) in [4.78, 5) is 12.2. The molecule has 0 atom stereocenters. The molecule has 0 radical (unpaired) electrons. The maximum Gasteiger partial charge on any atom is 0.259 e. The predicted octanol–water partition coefficient (Wildman–Crippen LogP) is 4.37. The smallest absolute Gasteiger partial charge is 0.259 e. The highest BCUT2D eigenvalue weighted by molar-refractivity contribution is 5.85. The lowest BCUT2D eigenvalue weighted by Gasteiger charge is -2.07. The number of hydrazone groups is 1. The van der Waals surface area contributed by atoms with Gasteiger partial charge in [-0.2, -0.15) is 5.10 Å². The van der Waals surface area contributed by atoms with Gasteiger partial charge in [0.15, 0.2) is 0 Å². The van der Waals surface area contributed by atoms with Crippen LogP contribution in [0.15, 0.2) is 96.2 Å². The summed E-state index contributed by atoms with van der Waals surface area (Å²) >= 11 is 0. The van der Waals surface area contributed by atoms with E-state index >= 15 is 0 Å². The van der Waals surface area contributed by atoms with Crippen LogP contribution in [0.1, 0.15) is 11.1 Å². The third-order valence-corrected chi connectivity index (χ3v) is 4.50. The Morgan fingerprint density at radius 2 is 1.79 bits per heavy atom. The van der Waals surface area contributed by atoms with Gasteiger partial charge in [-0.15, -0.1) is 0 Å². The number of rotatable bonds is 7. The molecule has 0 saturated carbocycles. The molecule has 0 aliphatic rings. The number of ether oxygens (including phenoxy) is 1. The maximum absolute atomic E-state index is 12.2. The summed E-state index contributed by atoms with van der Waals surface area (Å²) in [5.41, 5.74) is 5.56. The van der Waals surface area contributed by atoms with Gasteiger partial charge >= 0.3 is 0 Å². The SMILES string of the molecule is O=C(Cn1ccc2ccccc21)N/N=C/c1cccc(OCc2ccccc2)c1. The Bertz CT molecular complexity index is 1130. The first kappa shape index (κ1) is 18.5. The number of fused-ring (bicyclic) bond motifs is 1. The van der Waals surface area contributed by atoms with E-state index in [0.717, 1.165) is 27.8 Å². The molecule has 0 aliphatic carbocycles. The van der Waals surface area contributed by atoms with Crippen LogP contribution in [0.25, 0.3) is 10.9 Å². The minimum atomic E-state index is -0.181. The Morgan fingerprint density at radius 1 is 0.966 bits per heavy atom. The lowest BCUT2D eigenvalue weighted by molar-refractivity contribution is -0.121. The van der Waals surface area contributed by atoms with Crippen molar-refractivity contribution in [2.45, 2.75) is 13.2 Å². The highest BCUT2D eigenvalue weighted by Gasteiger charge is 2.05. The number of benzene rings is 3. The summed E-state index contributed by atoms with van der Waals surface area (Å²) in [5.74, 6) is 0.571. The van der Waals surface area contributed by atoms with Gasteiger partial charge in [-0.05, 0) is 40.8 Å². The molecule has 1 N–H and O–H groups in total. The molecule has 0 fully saturated rings. The van der Waals surface area contributed by atoms with E-state index in [1.807, 2.05) is 95.7 Å². The van der Waals surface area contributed by atoms with Crippen LogP contribution in [-0.2, 0) is 17.9 Å². The zero-order valence-electron chi connectivity index (χ0n) is 15.9. The minimum absolute atomic E-state index is 0.181. The van der Waals surface area contributed by atoms with Gasteiger partial charge in [0.25, 0.3) is 5.91 Å². The van der Waals surface area contributed by atoms with Gasteiger partial charge < -0.3 is 9.30 Å². The summed E-state index contributed by atoms with van der Waals surface area (Å²) in [6.07, 6.45) is 3.52. The van der Waals surface area contributed by atoms with Gasteiger partial charge in [0.1, 0.15) is 18.9 Å². The lowest BCUT2D eigenvalue weighted by Crippen LogP contribution is -2.22. The zero-order chi connectivity index (χ0) is 19.9. The van der Waals surface area contributed by atoms with E-state index in [-0.39, 0.29) is 12.5 Å². The molecule has 0 aliphatic heterocycles. The maximum atomic E-state index is 12.2. The van der Waals surface area contributed by atoms with Crippen molar-refractivity contribution in [3.8, 4) is 5.75 Å². The Balaban J connectivity index is 1.32. The number of hydrogen-bond donors (Lipinski definition) is 1.